The Bertz CT molecular complexity index is 667. The van der Waals surface area contributed by atoms with E-state index in [4.69, 9.17) is 4.74 Å². The van der Waals surface area contributed by atoms with Crippen LogP contribution in [0.25, 0.3) is 0 Å². The summed E-state index contributed by atoms with van der Waals surface area (Å²) < 4.78 is 5.22. The fourth-order valence-corrected chi connectivity index (χ4v) is 2.40. The summed E-state index contributed by atoms with van der Waals surface area (Å²) in [5.41, 5.74) is 3.32. The first kappa shape index (κ1) is 16.0. The molecule has 0 spiro atoms. The van der Waals surface area contributed by atoms with Crippen LogP contribution in [-0.2, 0) is 0 Å². The molecule has 0 saturated heterocycles. The van der Waals surface area contributed by atoms with Gasteiger partial charge in [-0.1, -0.05) is 35.9 Å². The van der Waals surface area contributed by atoms with Gasteiger partial charge in [-0.3, -0.25) is 4.79 Å². The third-order valence-corrected chi connectivity index (χ3v) is 3.58. The van der Waals surface area contributed by atoms with E-state index in [2.05, 4.69) is 5.32 Å². The highest BCUT2D eigenvalue weighted by molar-refractivity contribution is 5.95. The van der Waals surface area contributed by atoms with E-state index >= 15 is 0 Å². The lowest BCUT2D eigenvalue weighted by Crippen LogP contribution is -2.29. The van der Waals surface area contributed by atoms with Gasteiger partial charge in [0.05, 0.1) is 13.2 Å². The highest BCUT2D eigenvalue weighted by Gasteiger charge is 2.15. The van der Waals surface area contributed by atoms with Crippen molar-refractivity contribution in [2.75, 3.05) is 13.7 Å². The Labute approximate surface area is 130 Å². The van der Waals surface area contributed by atoms with E-state index < -0.39 is 6.10 Å². The number of aryl methyl sites for hydroxylation is 2. The van der Waals surface area contributed by atoms with E-state index in [1.54, 1.807) is 25.3 Å². The van der Waals surface area contributed by atoms with Crippen LogP contribution >= 0.6 is 0 Å². The van der Waals surface area contributed by atoms with Crippen molar-refractivity contribution in [3.63, 3.8) is 0 Å². The Morgan fingerprint density at radius 1 is 1.23 bits per heavy atom. The van der Waals surface area contributed by atoms with Crippen molar-refractivity contribution in [2.45, 2.75) is 20.0 Å². The minimum atomic E-state index is -0.814. The number of carbonyl (C=O) groups excluding carboxylic acids is 1. The second-order valence-corrected chi connectivity index (χ2v) is 5.29. The van der Waals surface area contributed by atoms with E-state index in [0.717, 1.165) is 11.1 Å². The molecule has 0 radical (unpaired) electrons. The van der Waals surface area contributed by atoms with Gasteiger partial charge in [0.25, 0.3) is 5.91 Å². The number of nitrogens with one attached hydrogen (secondary N) is 1. The van der Waals surface area contributed by atoms with Crippen molar-refractivity contribution in [3.05, 3.63) is 64.7 Å². The molecule has 4 nitrogen and oxygen atoms in total. The Kier molecular flexibility index (Phi) is 5.17. The van der Waals surface area contributed by atoms with Gasteiger partial charge in [-0.2, -0.15) is 0 Å². The van der Waals surface area contributed by atoms with Gasteiger partial charge in [-0.15, -0.1) is 0 Å². The van der Waals surface area contributed by atoms with Crippen LogP contribution in [0.1, 0.15) is 33.2 Å². The molecule has 1 amide bonds. The van der Waals surface area contributed by atoms with E-state index in [1.807, 2.05) is 38.1 Å². The second kappa shape index (κ2) is 7.09. The first-order valence-corrected chi connectivity index (χ1v) is 7.19. The molecule has 0 bridgehead atoms. The van der Waals surface area contributed by atoms with Gasteiger partial charge in [0.15, 0.2) is 0 Å². The van der Waals surface area contributed by atoms with Crippen LogP contribution in [0.2, 0.25) is 0 Å². The smallest absolute Gasteiger partial charge is 0.251 e. The Morgan fingerprint density at radius 3 is 2.64 bits per heavy atom. The van der Waals surface area contributed by atoms with E-state index in [0.29, 0.717) is 16.9 Å². The Hall–Kier alpha value is -2.33. The molecule has 0 fully saturated rings. The molecule has 2 N–H and O–H groups in total. The summed E-state index contributed by atoms with van der Waals surface area (Å²) in [4.78, 5) is 12.2. The van der Waals surface area contributed by atoms with Gasteiger partial charge in [0, 0.05) is 17.7 Å². The fourth-order valence-electron chi connectivity index (χ4n) is 2.40. The number of amides is 1. The van der Waals surface area contributed by atoms with Gasteiger partial charge in [-0.25, -0.2) is 0 Å². The van der Waals surface area contributed by atoms with Gasteiger partial charge in [0.2, 0.25) is 0 Å². The summed E-state index contributed by atoms with van der Waals surface area (Å²) in [6, 6.07) is 12.9. The largest absolute Gasteiger partial charge is 0.496 e. The molecule has 0 aliphatic carbocycles. The molecule has 116 valence electrons. The molecule has 2 rings (SSSR count). The van der Waals surface area contributed by atoms with Crippen LogP contribution in [0.4, 0.5) is 0 Å². The lowest BCUT2D eigenvalue weighted by atomic mass is 10.0. The van der Waals surface area contributed by atoms with E-state index in [9.17, 15) is 9.90 Å². The maximum absolute atomic E-state index is 12.2. The molecular weight excluding hydrogens is 278 g/mol. The summed E-state index contributed by atoms with van der Waals surface area (Å²) in [5, 5.41) is 13.0. The number of ether oxygens (including phenoxy) is 1. The number of hydrogen-bond acceptors (Lipinski definition) is 3. The third kappa shape index (κ3) is 3.65. The van der Waals surface area contributed by atoms with Crippen molar-refractivity contribution < 1.29 is 14.6 Å². The van der Waals surface area contributed by atoms with Gasteiger partial charge in [-0.05, 0) is 31.5 Å². The van der Waals surface area contributed by atoms with Gasteiger partial charge < -0.3 is 15.2 Å². The topological polar surface area (TPSA) is 58.6 Å². The van der Waals surface area contributed by atoms with Crippen LogP contribution < -0.4 is 10.1 Å². The standard InChI is InChI=1S/C18H21NO3/c1-12-8-9-14(13(2)10-12)18(21)19-11-16(20)15-6-4-5-7-17(15)22-3/h4-10,16,20H,11H2,1-3H3,(H,19,21)/t16-/m0/s1. The van der Waals surface area contributed by atoms with Crippen molar-refractivity contribution in [1.82, 2.24) is 5.32 Å². The summed E-state index contributed by atoms with van der Waals surface area (Å²) in [5.74, 6) is 0.419. The SMILES string of the molecule is COc1ccccc1[C@@H](O)CNC(=O)c1ccc(C)cc1C. The molecule has 2 aromatic carbocycles. The lowest BCUT2D eigenvalue weighted by Gasteiger charge is -2.16. The molecule has 0 aliphatic rings. The van der Waals surface area contributed by atoms with Crippen LogP contribution in [0.5, 0.6) is 5.75 Å². The molecule has 1 atom stereocenters. The van der Waals surface area contributed by atoms with E-state index in [1.165, 1.54) is 0 Å². The summed E-state index contributed by atoms with van der Waals surface area (Å²) in [7, 11) is 1.56. The molecule has 2 aromatic rings. The minimum absolute atomic E-state index is 0.131. The monoisotopic (exact) mass is 299 g/mol. The number of methoxy groups -OCH3 is 1. The minimum Gasteiger partial charge on any atom is -0.496 e. The predicted octanol–water partition coefficient (Wildman–Crippen LogP) is 2.78. The maximum atomic E-state index is 12.2. The van der Waals surface area contributed by atoms with Crippen LogP contribution in [0.3, 0.4) is 0 Å². The zero-order valence-corrected chi connectivity index (χ0v) is 13.1. The fraction of sp³-hybridized carbons (Fsp3) is 0.278. The number of benzene rings is 2. The Morgan fingerprint density at radius 2 is 1.95 bits per heavy atom. The number of carbonyl (C=O) groups is 1. The van der Waals surface area contributed by atoms with Crippen molar-refractivity contribution in [3.8, 4) is 5.75 Å². The average Bonchev–Trinajstić information content (AvgIpc) is 2.52. The molecule has 4 heteroatoms. The van der Waals surface area contributed by atoms with Crippen LogP contribution in [0, 0.1) is 13.8 Å². The quantitative estimate of drug-likeness (QED) is 0.892. The number of rotatable bonds is 5. The number of aliphatic hydroxyl groups is 1. The number of para-hydroxylation sites is 1. The van der Waals surface area contributed by atoms with E-state index in [-0.39, 0.29) is 12.5 Å². The molecular formula is C18H21NO3. The zero-order valence-electron chi connectivity index (χ0n) is 13.1. The molecule has 0 saturated carbocycles. The molecule has 0 heterocycles. The Balaban J connectivity index is 2.04. The predicted molar refractivity (Wildman–Crippen MR) is 86.2 cm³/mol. The third-order valence-electron chi connectivity index (χ3n) is 3.58. The van der Waals surface area contributed by atoms with Gasteiger partial charge in [0.1, 0.15) is 5.75 Å². The summed E-state index contributed by atoms with van der Waals surface area (Å²) >= 11 is 0. The first-order chi connectivity index (χ1) is 10.5. The van der Waals surface area contributed by atoms with Crippen molar-refractivity contribution in [2.24, 2.45) is 0 Å². The second-order valence-electron chi connectivity index (χ2n) is 5.29. The summed E-state index contributed by atoms with van der Waals surface area (Å²) in [6.45, 7) is 4.02. The first-order valence-electron chi connectivity index (χ1n) is 7.19. The molecule has 0 aromatic heterocycles. The maximum Gasteiger partial charge on any atom is 0.251 e. The lowest BCUT2D eigenvalue weighted by molar-refractivity contribution is 0.0914. The molecule has 22 heavy (non-hydrogen) atoms. The average molecular weight is 299 g/mol. The highest BCUT2D eigenvalue weighted by atomic mass is 16.5. The molecule has 0 unspecified atom stereocenters. The van der Waals surface area contributed by atoms with Crippen molar-refractivity contribution in [1.29, 1.82) is 0 Å². The van der Waals surface area contributed by atoms with Gasteiger partial charge >= 0.3 is 0 Å². The number of aliphatic hydroxyl groups excluding tert-OH is 1. The molecule has 0 aliphatic heterocycles. The normalized spacial score (nSPS) is 11.8. The van der Waals surface area contributed by atoms with Crippen LogP contribution in [0.15, 0.2) is 42.5 Å². The van der Waals surface area contributed by atoms with Crippen LogP contribution in [-0.4, -0.2) is 24.7 Å². The summed E-state index contributed by atoms with van der Waals surface area (Å²) in [6.07, 6.45) is -0.814. The number of hydrogen-bond donors (Lipinski definition) is 2. The highest BCUT2D eigenvalue weighted by Crippen LogP contribution is 2.24. The zero-order chi connectivity index (χ0) is 16.1. The van der Waals surface area contributed by atoms with Crippen molar-refractivity contribution >= 4 is 5.91 Å².